The molecule has 0 aliphatic heterocycles. The van der Waals surface area contributed by atoms with Gasteiger partial charge in [-0.2, -0.15) is 10.4 Å². The third kappa shape index (κ3) is 5.08. The lowest BCUT2D eigenvalue weighted by atomic mass is 10.1. The SMILES string of the molecule is CN(C)C=Nc1[nH]nc(-c2ccc(NC(=O)OC(C)(C)C)cc2)c1C#N. The Labute approximate surface area is 152 Å². The summed E-state index contributed by atoms with van der Waals surface area (Å²) in [5.41, 5.74) is 1.62. The molecule has 0 saturated carbocycles. The van der Waals surface area contributed by atoms with Crippen LogP contribution in [0.25, 0.3) is 11.3 Å². The normalized spacial score (nSPS) is 11.2. The number of benzene rings is 1. The minimum atomic E-state index is -0.565. The maximum Gasteiger partial charge on any atom is 0.412 e. The molecule has 0 aliphatic carbocycles. The maximum absolute atomic E-state index is 11.8. The first-order valence-electron chi connectivity index (χ1n) is 7.99. The number of rotatable bonds is 4. The molecule has 2 aromatic rings. The number of nitrogens with one attached hydrogen (secondary N) is 2. The van der Waals surface area contributed by atoms with E-state index in [4.69, 9.17) is 4.74 Å². The minimum Gasteiger partial charge on any atom is -0.444 e. The van der Waals surface area contributed by atoms with Crippen molar-refractivity contribution < 1.29 is 9.53 Å². The van der Waals surface area contributed by atoms with Crippen molar-refractivity contribution in [3.63, 3.8) is 0 Å². The van der Waals surface area contributed by atoms with Crippen molar-refractivity contribution in [3.05, 3.63) is 29.8 Å². The zero-order valence-electron chi connectivity index (χ0n) is 15.5. The first kappa shape index (κ1) is 19.0. The van der Waals surface area contributed by atoms with E-state index in [1.807, 2.05) is 14.1 Å². The molecule has 0 fully saturated rings. The van der Waals surface area contributed by atoms with Gasteiger partial charge in [0.05, 0.1) is 6.34 Å². The minimum absolute atomic E-state index is 0.357. The van der Waals surface area contributed by atoms with E-state index in [0.29, 0.717) is 22.8 Å². The van der Waals surface area contributed by atoms with Gasteiger partial charge in [-0.05, 0) is 32.9 Å². The van der Waals surface area contributed by atoms with Gasteiger partial charge < -0.3 is 9.64 Å². The van der Waals surface area contributed by atoms with Gasteiger partial charge in [-0.1, -0.05) is 12.1 Å². The Kier molecular flexibility index (Phi) is 5.62. The quantitative estimate of drug-likeness (QED) is 0.645. The molecule has 2 rings (SSSR count). The number of amides is 1. The third-order valence-electron chi connectivity index (χ3n) is 3.08. The number of anilines is 1. The number of nitriles is 1. The van der Waals surface area contributed by atoms with E-state index in [1.165, 1.54) is 0 Å². The number of aromatic amines is 1. The number of carbonyl (C=O) groups is 1. The summed E-state index contributed by atoms with van der Waals surface area (Å²) in [4.78, 5) is 17.8. The van der Waals surface area contributed by atoms with E-state index in [0.717, 1.165) is 5.56 Å². The molecule has 0 bridgehead atoms. The Hall–Kier alpha value is -3.34. The Morgan fingerprint density at radius 1 is 1.35 bits per heavy atom. The fraction of sp³-hybridized carbons (Fsp3) is 0.333. The highest BCUT2D eigenvalue weighted by Crippen LogP contribution is 2.28. The van der Waals surface area contributed by atoms with E-state index in [-0.39, 0.29) is 0 Å². The largest absolute Gasteiger partial charge is 0.444 e. The number of aromatic nitrogens is 2. The smallest absolute Gasteiger partial charge is 0.412 e. The Morgan fingerprint density at radius 3 is 2.54 bits per heavy atom. The van der Waals surface area contributed by atoms with Crippen LogP contribution in [0.3, 0.4) is 0 Å². The summed E-state index contributed by atoms with van der Waals surface area (Å²) in [7, 11) is 3.67. The molecule has 2 N–H and O–H groups in total. The van der Waals surface area contributed by atoms with E-state index in [1.54, 1.807) is 56.3 Å². The van der Waals surface area contributed by atoms with Crippen LogP contribution in [0, 0.1) is 11.3 Å². The number of aliphatic imine (C=N–C) groups is 1. The second-order valence-electron chi connectivity index (χ2n) is 6.82. The summed E-state index contributed by atoms with van der Waals surface area (Å²) in [6, 6.07) is 9.10. The van der Waals surface area contributed by atoms with Gasteiger partial charge in [0, 0.05) is 25.3 Å². The summed E-state index contributed by atoms with van der Waals surface area (Å²) >= 11 is 0. The van der Waals surface area contributed by atoms with E-state index in [2.05, 4.69) is 26.6 Å². The van der Waals surface area contributed by atoms with Gasteiger partial charge in [-0.15, -0.1) is 0 Å². The number of H-pyrrole nitrogens is 1. The van der Waals surface area contributed by atoms with Crippen molar-refractivity contribution >= 4 is 23.9 Å². The van der Waals surface area contributed by atoms with Gasteiger partial charge in [0.15, 0.2) is 5.82 Å². The fourth-order valence-corrected chi connectivity index (χ4v) is 2.05. The first-order valence-corrected chi connectivity index (χ1v) is 7.99. The highest BCUT2D eigenvalue weighted by molar-refractivity contribution is 5.85. The number of hydrogen-bond donors (Lipinski definition) is 2. The van der Waals surface area contributed by atoms with Crippen LogP contribution in [0.2, 0.25) is 0 Å². The fourth-order valence-electron chi connectivity index (χ4n) is 2.05. The van der Waals surface area contributed by atoms with Crippen molar-refractivity contribution in [3.8, 4) is 17.3 Å². The first-order chi connectivity index (χ1) is 12.2. The summed E-state index contributed by atoms with van der Waals surface area (Å²) in [6.45, 7) is 5.40. The average molecular weight is 354 g/mol. The Balaban J connectivity index is 2.19. The molecule has 8 heteroatoms. The van der Waals surface area contributed by atoms with Crippen LogP contribution in [-0.2, 0) is 4.74 Å². The molecule has 1 heterocycles. The molecule has 0 saturated heterocycles. The molecule has 0 unspecified atom stereocenters. The molecule has 136 valence electrons. The second kappa shape index (κ2) is 7.70. The third-order valence-corrected chi connectivity index (χ3v) is 3.08. The zero-order valence-corrected chi connectivity index (χ0v) is 15.5. The number of ether oxygens (including phenoxy) is 1. The predicted octanol–water partition coefficient (Wildman–Crippen LogP) is 3.52. The molecule has 0 atom stereocenters. The van der Waals surface area contributed by atoms with Gasteiger partial charge >= 0.3 is 6.09 Å². The van der Waals surface area contributed by atoms with Gasteiger partial charge in [0.25, 0.3) is 0 Å². The standard InChI is InChI=1S/C18H22N6O2/c1-18(2,3)26-17(25)21-13-8-6-12(7-9-13)15-14(10-19)16(23-22-15)20-11-24(4)5/h6-9,11H,1-5H3,(H,21,25)(H,22,23). The molecule has 0 spiro atoms. The number of hydrogen-bond acceptors (Lipinski definition) is 5. The molecular weight excluding hydrogens is 332 g/mol. The summed E-state index contributed by atoms with van der Waals surface area (Å²) in [5, 5.41) is 19.0. The van der Waals surface area contributed by atoms with Crippen LogP contribution in [0.4, 0.5) is 16.3 Å². The topological polar surface area (TPSA) is 106 Å². The van der Waals surface area contributed by atoms with E-state index < -0.39 is 11.7 Å². The molecule has 1 aromatic carbocycles. The lowest BCUT2D eigenvalue weighted by Gasteiger charge is -2.19. The number of nitrogens with zero attached hydrogens (tertiary/aromatic N) is 4. The second-order valence-corrected chi connectivity index (χ2v) is 6.82. The van der Waals surface area contributed by atoms with Crippen LogP contribution in [0.15, 0.2) is 29.3 Å². The molecule has 26 heavy (non-hydrogen) atoms. The molecule has 0 aliphatic rings. The monoisotopic (exact) mass is 354 g/mol. The van der Waals surface area contributed by atoms with Crippen LogP contribution in [0.1, 0.15) is 26.3 Å². The lowest BCUT2D eigenvalue weighted by molar-refractivity contribution is 0.0636. The van der Waals surface area contributed by atoms with E-state index in [9.17, 15) is 10.1 Å². The Bertz CT molecular complexity index is 838. The highest BCUT2D eigenvalue weighted by atomic mass is 16.6. The van der Waals surface area contributed by atoms with Crippen LogP contribution in [-0.4, -0.2) is 47.2 Å². The van der Waals surface area contributed by atoms with Crippen molar-refractivity contribution in [2.45, 2.75) is 26.4 Å². The van der Waals surface area contributed by atoms with Gasteiger partial charge in [-0.25, -0.2) is 9.79 Å². The van der Waals surface area contributed by atoms with Gasteiger partial charge in [0.1, 0.15) is 22.9 Å². The average Bonchev–Trinajstić information content (AvgIpc) is 2.94. The van der Waals surface area contributed by atoms with Crippen molar-refractivity contribution in [1.29, 1.82) is 5.26 Å². The molecule has 1 amide bonds. The van der Waals surface area contributed by atoms with E-state index >= 15 is 0 Å². The number of carbonyl (C=O) groups excluding carboxylic acids is 1. The van der Waals surface area contributed by atoms with Crippen LogP contribution in [0.5, 0.6) is 0 Å². The van der Waals surface area contributed by atoms with Crippen molar-refractivity contribution in [2.75, 3.05) is 19.4 Å². The van der Waals surface area contributed by atoms with Gasteiger partial charge in [0.2, 0.25) is 0 Å². The highest BCUT2D eigenvalue weighted by Gasteiger charge is 2.17. The molecule has 0 radical (unpaired) electrons. The van der Waals surface area contributed by atoms with Crippen LogP contribution < -0.4 is 5.32 Å². The van der Waals surface area contributed by atoms with Gasteiger partial charge in [-0.3, -0.25) is 10.4 Å². The maximum atomic E-state index is 11.8. The van der Waals surface area contributed by atoms with Crippen LogP contribution >= 0.6 is 0 Å². The summed E-state index contributed by atoms with van der Waals surface area (Å²) in [6.07, 6.45) is 1.06. The molecular formula is C18H22N6O2. The predicted molar refractivity (Wildman–Crippen MR) is 100 cm³/mol. The van der Waals surface area contributed by atoms with Crippen molar-refractivity contribution in [1.82, 2.24) is 15.1 Å². The van der Waals surface area contributed by atoms with Crippen molar-refractivity contribution in [2.24, 2.45) is 4.99 Å². The lowest BCUT2D eigenvalue weighted by Crippen LogP contribution is -2.27. The zero-order chi connectivity index (χ0) is 19.3. The molecule has 1 aromatic heterocycles. The molecule has 8 nitrogen and oxygen atoms in total. The summed E-state index contributed by atoms with van der Waals surface area (Å²) in [5.74, 6) is 0.396. The Morgan fingerprint density at radius 2 is 2.00 bits per heavy atom. The summed E-state index contributed by atoms with van der Waals surface area (Å²) < 4.78 is 5.21.